The highest BCUT2D eigenvalue weighted by atomic mass is 16.1. The van der Waals surface area contributed by atoms with Gasteiger partial charge in [-0.3, -0.25) is 9.78 Å². The minimum absolute atomic E-state index is 0.223. The van der Waals surface area contributed by atoms with Crippen molar-refractivity contribution >= 4 is 23.0 Å². The predicted octanol–water partition coefficient (Wildman–Crippen LogP) is 1.02. The van der Waals surface area contributed by atoms with Gasteiger partial charge >= 0.3 is 0 Å². The fourth-order valence-electron chi connectivity index (χ4n) is 1.19. The van der Waals surface area contributed by atoms with E-state index < -0.39 is 0 Å². The lowest BCUT2D eigenvalue weighted by Gasteiger charge is -2.00. The van der Waals surface area contributed by atoms with Crippen LogP contribution >= 0.6 is 0 Å². The number of carbonyl (C=O) groups is 1. The average Bonchev–Trinajstić information content (AvgIpc) is 2.18. The quantitative estimate of drug-likeness (QED) is 0.654. The Morgan fingerprint density at radius 3 is 3.00 bits per heavy atom. The first-order valence-electron chi connectivity index (χ1n) is 3.77. The van der Waals surface area contributed by atoms with Crippen LogP contribution in [0.25, 0.3) is 10.9 Å². The van der Waals surface area contributed by atoms with Crippen LogP contribution in [0.4, 0.5) is 5.82 Å². The zero-order chi connectivity index (χ0) is 9.26. The smallest absolute Gasteiger partial charge is 0.155 e. The SMILES string of the molecule is Nc1ncc2cccnc2c1C=O. The Hall–Kier alpha value is -1.97. The van der Waals surface area contributed by atoms with Crippen LogP contribution in [0.5, 0.6) is 0 Å². The molecule has 0 unspecified atom stereocenters. The van der Waals surface area contributed by atoms with Crippen molar-refractivity contribution in [1.29, 1.82) is 0 Å². The number of carbonyl (C=O) groups excluding carboxylic acids is 1. The van der Waals surface area contributed by atoms with Crippen LogP contribution < -0.4 is 5.73 Å². The van der Waals surface area contributed by atoms with Crippen molar-refractivity contribution in [3.63, 3.8) is 0 Å². The summed E-state index contributed by atoms with van der Waals surface area (Å²) in [6.45, 7) is 0. The van der Waals surface area contributed by atoms with Gasteiger partial charge in [0, 0.05) is 17.8 Å². The number of nitrogens with zero attached hydrogens (tertiary/aromatic N) is 2. The molecule has 4 heteroatoms. The molecule has 0 atom stereocenters. The highest BCUT2D eigenvalue weighted by Crippen LogP contribution is 2.17. The number of fused-ring (bicyclic) bond motifs is 1. The van der Waals surface area contributed by atoms with Crippen LogP contribution in [0.15, 0.2) is 24.5 Å². The molecule has 0 radical (unpaired) electrons. The van der Waals surface area contributed by atoms with Gasteiger partial charge in [-0.25, -0.2) is 4.98 Å². The molecule has 2 aromatic rings. The second-order valence-electron chi connectivity index (χ2n) is 2.62. The van der Waals surface area contributed by atoms with Gasteiger partial charge in [0.25, 0.3) is 0 Å². The molecule has 0 saturated heterocycles. The molecule has 0 bridgehead atoms. The molecule has 2 aromatic heterocycles. The zero-order valence-electron chi connectivity index (χ0n) is 6.77. The summed E-state index contributed by atoms with van der Waals surface area (Å²) in [6.07, 6.45) is 3.90. The molecule has 0 aliphatic heterocycles. The topological polar surface area (TPSA) is 68.9 Å². The maximum absolute atomic E-state index is 10.7. The van der Waals surface area contributed by atoms with Gasteiger partial charge in [0.1, 0.15) is 5.82 Å². The number of rotatable bonds is 1. The molecule has 0 fully saturated rings. The Bertz CT molecular complexity index is 467. The Morgan fingerprint density at radius 2 is 2.23 bits per heavy atom. The highest BCUT2D eigenvalue weighted by Gasteiger charge is 2.05. The Morgan fingerprint density at radius 1 is 1.38 bits per heavy atom. The number of aromatic nitrogens is 2. The van der Waals surface area contributed by atoms with Gasteiger partial charge in [-0.05, 0) is 12.1 Å². The number of hydrogen-bond acceptors (Lipinski definition) is 4. The number of nitrogen functional groups attached to an aromatic ring is 1. The molecule has 0 aliphatic carbocycles. The van der Waals surface area contributed by atoms with Crippen LogP contribution in [0.2, 0.25) is 0 Å². The summed E-state index contributed by atoms with van der Waals surface area (Å²) < 4.78 is 0. The monoisotopic (exact) mass is 173 g/mol. The number of nitrogens with two attached hydrogens (primary N) is 1. The predicted molar refractivity (Wildman–Crippen MR) is 49.3 cm³/mol. The van der Waals surface area contributed by atoms with E-state index in [1.165, 1.54) is 0 Å². The summed E-state index contributed by atoms with van der Waals surface area (Å²) in [7, 11) is 0. The maximum atomic E-state index is 10.7. The molecular formula is C9H7N3O. The number of hydrogen-bond donors (Lipinski definition) is 1. The molecule has 0 aromatic carbocycles. The third-order valence-corrected chi connectivity index (χ3v) is 1.83. The summed E-state index contributed by atoms with van der Waals surface area (Å²) in [5.74, 6) is 0.223. The molecule has 0 spiro atoms. The fraction of sp³-hybridized carbons (Fsp3) is 0. The van der Waals surface area contributed by atoms with Gasteiger partial charge < -0.3 is 5.73 Å². The van der Waals surface area contributed by atoms with Gasteiger partial charge in [0.05, 0.1) is 11.1 Å². The first-order valence-corrected chi connectivity index (χ1v) is 3.77. The molecule has 13 heavy (non-hydrogen) atoms. The van der Waals surface area contributed by atoms with E-state index in [1.54, 1.807) is 18.5 Å². The minimum atomic E-state index is 0.223. The molecule has 2 heterocycles. The highest BCUT2D eigenvalue weighted by molar-refractivity contribution is 5.99. The van der Waals surface area contributed by atoms with E-state index in [9.17, 15) is 4.79 Å². The van der Waals surface area contributed by atoms with Crippen molar-refractivity contribution in [2.24, 2.45) is 0 Å². The van der Waals surface area contributed by atoms with Crippen LogP contribution in [0.3, 0.4) is 0 Å². The van der Waals surface area contributed by atoms with Crippen LogP contribution in [0, 0.1) is 0 Å². The number of pyridine rings is 2. The third kappa shape index (κ3) is 1.12. The van der Waals surface area contributed by atoms with E-state index in [1.807, 2.05) is 6.07 Å². The van der Waals surface area contributed by atoms with Crippen molar-refractivity contribution in [3.05, 3.63) is 30.1 Å². The Balaban J connectivity index is 2.91. The summed E-state index contributed by atoms with van der Waals surface area (Å²) in [6, 6.07) is 3.62. The standard InChI is InChI=1S/C9H7N3O/c10-9-7(5-13)8-6(4-12-9)2-1-3-11-8/h1-5H,(H2,10,12). The van der Waals surface area contributed by atoms with Gasteiger partial charge in [-0.15, -0.1) is 0 Å². The van der Waals surface area contributed by atoms with Crippen LogP contribution in [-0.4, -0.2) is 16.3 Å². The van der Waals surface area contributed by atoms with Gasteiger partial charge in [0.15, 0.2) is 6.29 Å². The first kappa shape index (κ1) is 7.67. The van der Waals surface area contributed by atoms with Crippen molar-refractivity contribution < 1.29 is 4.79 Å². The van der Waals surface area contributed by atoms with Crippen molar-refractivity contribution in [1.82, 2.24) is 9.97 Å². The molecule has 0 saturated carbocycles. The molecule has 2 rings (SSSR count). The molecule has 64 valence electrons. The second kappa shape index (κ2) is 2.82. The van der Waals surface area contributed by atoms with Crippen LogP contribution in [0.1, 0.15) is 10.4 Å². The maximum Gasteiger partial charge on any atom is 0.155 e. The van der Waals surface area contributed by atoms with Crippen molar-refractivity contribution in [2.45, 2.75) is 0 Å². The van der Waals surface area contributed by atoms with E-state index in [0.29, 0.717) is 17.4 Å². The van der Waals surface area contributed by atoms with Gasteiger partial charge in [-0.2, -0.15) is 0 Å². The fourth-order valence-corrected chi connectivity index (χ4v) is 1.19. The molecule has 4 nitrogen and oxygen atoms in total. The molecular weight excluding hydrogens is 166 g/mol. The zero-order valence-corrected chi connectivity index (χ0v) is 6.77. The lowest BCUT2D eigenvalue weighted by atomic mass is 10.2. The Labute approximate surface area is 74.4 Å². The second-order valence-corrected chi connectivity index (χ2v) is 2.62. The lowest BCUT2D eigenvalue weighted by molar-refractivity contribution is 0.112. The molecule has 0 amide bonds. The normalized spacial score (nSPS) is 10.2. The summed E-state index contributed by atoms with van der Waals surface area (Å²) in [5.41, 5.74) is 6.48. The van der Waals surface area contributed by atoms with E-state index in [0.717, 1.165) is 5.39 Å². The molecule has 2 N–H and O–H groups in total. The van der Waals surface area contributed by atoms with Crippen LogP contribution in [-0.2, 0) is 0 Å². The lowest BCUT2D eigenvalue weighted by Crippen LogP contribution is -1.98. The summed E-state index contributed by atoms with van der Waals surface area (Å²) in [5, 5.41) is 0.818. The van der Waals surface area contributed by atoms with Crippen molar-refractivity contribution in [3.8, 4) is 0 Å². The van der Waals surface area contributed by atoms with E-state index in [-0.39, 0.29) is 5.82 Å². The number of anilines is 1. The molecule has 0 aliphatic rings. The average molecular weight is 173 g/mol. The van der Waals surface area contributed by atoms with Gasteiger partial charge in [0.2, 0.25) is 0 Å². The summed E-state index contributed by atoms with van der Waals surface area (Å²) in [4.78, 5) is 18.6. The largest absolute Gasteiger partial charge is 0.383 e. The Kier molecular flexibility index (Phi) is 1.66. The van der Waals surface area contributed by atoms with E-state index in [4.69, 9.17) is 5.73 Å². The number of aldehydes is 1. The first-order chi connectivity index (χ1) is 6.33. The van der Waals surface area contributed by atoms with E-state index >= 15 is 0 Å². The van der Waals surface area contributed by atoms with Crippen molar-refractivity contribution in [2.75, 3.05) is 5.73 Å². The summed E-state index contributed by atoms with van der Waals surface area (Å²) >= 11 is 0. The third-order valence-electron chi connectivity index (χ3n) is 1.83. The van der Waals surface area contributed by atoms with Gasteiger partial charge in [-0.1, -0.05) is 0 Å². The van der Waals surface area contributed by atoms with E-state index in [2.05, 4.69) is 9.97 Å². The minimum Gasteiger partial charge on any atom is -0.383 e.